The lowest BCUT2D eigenvalue weighted by atomic mass is 10.2. The summed E-state index contributed by atoms with van der Waals surface area (Å²) in [7, 11) is 0. The maximum absolute atomic E-state index is 12.1. The van der Waals surface area contributed by atoms with Crippen molar-refractivity contribution >= 4 is 17.7 Å². The minimum atomic E-state index is -0.924. The van der Waals surface area contributed by atoms with Gasteiger partial charge in [0.05, 0.1) is 12.6 Å². The summed E-state index contributed by atoms with van der Waals surface area (Å²) in [4.78, 5) is 23.0. The van der Waals surface area contributed by atoms with Crippen LogP contribution in [0.25, 0.3) is 0 Å². The molecule has 120 valence electrons. The molecule has 7 heteroatoms. The fourth-order valence-corrected chi connectivity index (χ4v) is 2.64. The lowest BCUT2D eigenvalue weighted by molar-refractivity contribution is -0.139. The van der Waals surface area contributed by atoms with Crippen LogP contribution in [0.3, 0.4) is 0 Å². The molecule has 1 fully saturated rings. The highest BCUT2D eigenvalue weighted by Crippen LogP contribution is 2.14. The number of aromatic nitrogens is 2. The third kappa shape index (κ3) is 3.75. The summed E-state index contributed by atoms with van der Waals surface area (Å²) < 4.78 is 1.74. The lowest BCUT2D eigenvalue weighted by Crippen LogP contribution is -2.42. The van der Waals surface area contributed by atoms with Crippen LogP contribution in [0.4, 0.5) is 5.82 Å². The van der Waals surface area contributed by atoms with Gasteiger partial charge in [0, 0.05) is 12.3 Å². The van der Waals surface area contributed by atoms with Crippen LogP contribution in [0, 0.1) is 0 Å². The van der Waals surface area contributed by atoms with E-state index in [2.05, 4.69) is 15.7 Å². The number of nitrogens with zero attached hydrogens (tertiary/aromatic N) is 2. The van der Waals surface area contributed by atoms with Crippen molar-refractivity contribution in [1.82, 2.24) is 15.1 Å². The predicted octanol–water partition coefficient (Wildman–Crippen LogP) is 1.08. The number of aliphatic carboxylic acids is 1. The van der Waals surface area contributed by atoms with Crippen LogP contribution in [0.1, 0.15) is 18.4 Å². The summed E-state index contributed by atoms with van der Waals surface area (Å²) in [6, 6.07) is 10.5. The zero-order valence-electron chi connectivity index (χ0n) is 12.5. The van der Waals surface area contributed by atoms with E-state index in [-0.39, 0.29) is 5.91 Å². The Morgan fingerprint density at radius 1 is 1.22 bits per heavy atom. The first-order chi connectivity index (χ1) is 11.1. The minimum Gasteiger partial charge on any atom is -0.480 e. The number of carboxylic acid groups (broad SMARTS) is 1. The van der Waals surface area contributed by atoms with E-state index in [1.807, 2.05) is 30.3 Å². The van der Waals surface area contributed by atoms with E-state index in [0.29, 0.717) is 25.2 Å². The normalized spacial score (nSPS) is 20.3. The Balaban J connectivity index is 1.57. The van der Waals surface area contributed by atoms with Gasteiger partial charge in [-0.2, -0.15) is 5.10 Å². The molecule has 0 aliphatic carbocycles. The number of anilines is 1. The molecule has 23 heavy (non-hydrogen) atoms. The summed E-state index contributed by atoms with van der Waals surface area (Å²) >= 11 is 0. The monoisotopic (exact) mass is 314 g/mol. The molecule has 0 spiro atoms. The number of amides is 1. The van der Waals surface area contributed by atoms with Gasteiger partial charge in [0.25, 0.3) is 0 Å². The molecule has 1 aromatic heterocycles. The van der Waals surface area contributed by atoms with Gasteiger partial charge in [0.2, 0.25) is 5.91 Å². The van der Waals surface area contributed by atoms with Gasteiger partial charge in [-0.05, 0) is 18.4 Å². The Morgan fingerprint density at radius 2 is 1.96 bits per heavy atom. The predicted molar refractivity (Wildman–Crippen MR) is 84.0 cm³/mol. The van der Waals surface area contributed by atoms with E-state index < -0.39 is 18.1 Å². The van der Waals surface area contributed by atoms with E-state index in [1.165, 1.54) is 0 Å². The van der Waals surface area contributed by atoms with Crippen LogP contribution in [-0.2, 0) is 16.1 Å². The topological polar surface area (TPSA) is 96.2 Å². The van der Waals surface area contributed by atoms with Crippen molar-refractivity contribution in [2.45, 2.75) is 31.5 Å². The molecular formula is C16H18N4O3. The number of hydrogen-bond donors (Lipinski definition) is 3. The number of carbonyl (C=O) groups is 2. The maximum atomic E-state index is 12.1. The fraction of sp³-hybridized carbons (Fsp3) is 0.312. The second kappa shape index (κ2) is 6.62. The molecule has 0 saturated carbocycles. The number of carbonyl (C=O) groups excluding carboxylic acids is 1. The zero-order chi connectivity index (χ0) is 16.2. The molecule has 0 radical (unpaired) electrons. The Morgan fingerprint density at radius 3 is 2.65 bits per heavy atom. The van der Waals surface area contributed by atoms with E-state index in [4.69, 9.17) is 5.11 Å². The van der Waals surface area contributed by atoms with Crippen molar-refractivity contribution in [3.63, 3.8) is 0 Å². The fourth-order valence-electron chi connectivity index (χ4n) is 2.64. The highest BCUT2D eigenvalue weighted by Gasteiger charge is 2.33. The molecule has 0 unspecified atom stereocenters. The van der Waals surface area contributed by atoms with Gasteiger partial charge < -0.3 is 10.4 Å². The molecule has 2 atom stereocenters. The quantitative estimate of drug-likeness (QED) is 0.767. The third-order valence-corrected chi connectivity index (χ3v) is 3.84. The molecule has 1 amide bonds. The van der Waals surface area contributed by atoms with Crippen molar-refractivity contribution in [3.05, 3.63) is 48.2 Å². The maximum Gasteiger partial charge on any atom is 0.320 e. The summed E-state index contributed by atoms with van der Waals surface area (Å²) in [5.41, 5.74) is 1.12. The Labute approximate surface area is 133 Å². The van der Waals surface area contributed by atoms with Crippen LogP contribution in [-0.4, -0.2) is 38.8 Å². The second-order valence-corrected chi connectivity index (χ2v) is 5.56. The lowest BCUT2D eigenvalue weighted by Gasteiger charge is -2.10. The van der Waals surface area contributed by atoms with Crippen molar-refractivity contribution < 1.29 is 14.7 Å². The average Bonchev–Trinajstić information content (AvgIpc) is 3.18. The van der Waals surface area contributed by atoms with Gasteiger partial charge >= 0.3 is 5.97 Å². The van der Waals surface area contributed by atoms with Crippen molar-refractivity contribution in [3.8, 4) is 0 Å². The zero-order valence-corrected chi connectivity index (χ0v) is 12.5. The smallest absolute Gasteiger partial charge is 0.320 e. The van der Waals surface area contributed by atoms with Crippen LogP contribution in [0.5, 0.6) is 0 Å². The molecule has 1 aromatic carbocycles. The standard InChI is InChI=1S/C16H18N4O3/c21-15(12-6-7-13(17-12)16(22)23)18-14-8-9-20(19-14)10-11-4-2-1-3-5-11/h1-5,8-9,12-13,17H,6-7,10H2,(H,22,23)(H,18,19,21)/t12-,13+/m1/s1. The summed E-state index contributed by atoms with van der Waals surface area (Å²) in [6.07, 6.45) is 2.76. The number of carboxylic acids is 1. The van der Waals surface area contributed by atoms with Crippen molar-refractivity contribution in [2.75, 3.05) is 5.32 Å². The molecule has 7 nitrogen and oxygen atoms in total. The Kier molecular flexibility index (Phi) is 4.38. The first-order valence-electron chi connectivity index (χ1n) is 7.49. The molecule has 2 aromatic rings. The molecular weight excluding hydrogens is 296 g/mol. The summed E-state index contributed by atoms with van der Waals surface area (Å²) in [5.74, 6) is -0.711. The first-order valence-corrected chi connectivity index (χ1v) is 7.49. The van der Waals surface area contributed by atoms with Crippen LogP contribution in [0.15, 0.2) is 42.6 Å². The van der Waals surface area contributed by atoms with Gasteiger partial charge in [-0.1, -0.05) is 30.3 Å². The molecule has 1 aliphatic rings. The van der Waals surface area contributed by atoms with E-state index in [0.717, 1.165) is 5.56 Å². The van der Waals surface area contributed by atoms with E-state index in [9.17, 15) is 9.59 Å². The Hall–Kier alpha value is -2.67. The molecule has 3 rings (SSSR count). The minimum absolute atomic E-state index is 0.251. The van der Waals surface area contributed by atoms with E-state index in [1.54, 1.807) is 16.9 Å². The molecule has 0 bridgehead atoms. The SMILES string of the molecule is O=C(O)[C@@H]1CC[C@H](C(=O)Nc2ccn(Cc3ccccc3)n2)N1. The second-order valence-electron chi connectivity index (χ2n) is 5.56. The molecule has 2 heterocycles. The molecule has 1 saturated heterocycles. The molecule has 3 N–H and O–H groups in total. The number of rotatable bonds is 5. The number of nitrogens with one attached hydrogen (secondary N) is 2. The largest absolute Gasteiger partial charge is 0.480 e. The summed E-state index contributed by atoms with van der Waals surface area (Å²) in [6.45, 7) is 0.624. The number of benzene rings is 1. The highest BCUT2D eigenvalue weighted by molar-refractivity contribution is 5.94. The van der Waals surface area contributed by atoms with Crippen LogP contribution in [0.2, 0.25) is 0 Å². The summed E-state index contributed by atoms with van der Waals surface area (Å²) in [5, 5.41) is 18.8. The van der Waals surface area contributed by atoms with Gasteiger partial charge in [-0.25, -0.2) is 0 Å². The number of hydrogen-bond acceptors (Lipinski definition) is 4. The van der Waals surface area contributed by atoms with Crippen molar-refractivity contribution in [1.29, 1.82) is 0 Å². The van der Waals surface area contributed by atoms with Crippen LogP contribution < -0.4 is 10.6 Å². The Bertz CT molecular complexity index is 698. The highest BCUT2D eigenvalue weighted by atomic mass is 16.4. The third-order valence-electron chi connectivity index (χ3n) is 3.84. The van der Waals surface area contributed by atoms with Gasteiger partial charge in [0.15, 0.2) is 5.82 Å². The van der Waals surface area contributed by atoms with Gasteiger partial charge in [0.1, 0.15) is 6.04 Å². The molecule has 1 aliphatic heterocycles. The van der Waals surface area contributed by atoms with E-state index >= 15 is 0 Å². The van der Waals surface area contributed by atoms with Crippen molar-refractivity contribution in [2.24, 2.45) is 0 Å². The van der Waals surface area contributed by atoms with Gasteiger partial charge in [-0.3, -0.25) is 19.6 Å². The first kappa shape index (κ1) is 15.2. The average molecular weight is 314 g/mol. The van der Waals surface area contributed by atoms with Gasteiger partial charge in [-0.15, -0.1) is 0 Å². The van der Waals surface area contributed by atoms with Crippen LogP contribution >= 0.6 is 0 Å².